The molecule has 1 N–H and O–H groups in total. The number of piperazine rings is 1. The van der Waals surface area contributed by atoms with Crippen molar-refractivity contribution in [2.24, 2.45) is 0 Å². The maximum absolute atomic E-state index is 13.6. The molecule has 2 aromatic carbocycles. The zero-order valence-corrected chi connectivity index (χ0v) is 23.1. The number of nitrogens with zero attached hydrogens (tertiary/aromatic N) is 4. The Balaban J connectivity index is 1.37. The van der Waals surface area contributed by atoms with Gasteiger partial charge in [0.05, 0.1) is 22.9 Å². The van der Waals surface area contributed by atoms with Crippen LogP contribution < -0.4 is 20.5 Å². The van der Waals surface area contributed by atoms with Gasteiger partial charge in [-0.05, 0) is 68.1 Å². The topological polar surface area (TPSA) is 114 Å². The highest BCUT2D eigenvalue weighted by Crippen LogP contribution is 2.31. The van der Waals surface area contributed by atoms with Crippen LogP contribution in [0.15, 0.2) is 64.4 Å². The van der Waals surface area contributed by atoms with Gasteiger partial charge in [-0.15, -0.1) is 0 Å². The standard InChI is InChI=1S/C27H30ClN5O5S/c1-19(34)30-21-9-11-24(12-10-21)39(36,37)32-15-13-31(14-16-32)25-18-29-33(22-6-4-5-20(28)17-22)27(35)26(25)38-23-7-2-3-8-23/h4-6,9-12,17-18,23H,2-3,7-8,13-16H2,1H3,(H,30,34). The van der Waals surface area contributed by atoms with Crippen LogP contribution >= 0.6 is 11.6 Å². The van der Waals surface area contributed by atoms with Gasteiger partial charge in [0.15, 0.2) is 0 Å². The molecule has 2 aliphatic rings. The van der Waals surface area contributed by atoms with E-state index in [1.807, 2.05) is 4.90 Å². The minimum Gasteiger partial charge on any atom is -0.483 e. The number of ether oxygens (including phenoxy) is 1. The Labute approximate surface area is 232 Å². The van der Waals surface area contributed by atoms with Crippen LogP contribution in [0.25, 0.3) is 5.69 Å². The Morgan fingerprint density at radius 3 is 2.38 bits per heavy atom. The predicted molar refractivity (Wildman–Crippen MR) is 149 cm³/mol. The van der Waals surface area contributed by atoms with Crippen molar-refractivity contribution >= 4 is 38.9 Å². The number of halogens is 1. The van der Waals surface area contributed by atoms with Crippen LogP contribution in [-0.4, -0.2) is 60.7 Å². The highest BCUT2D eigenvalue weighted by molar-refractivity contribution is 7.89. The fraction of sp³-hybridized carbons (Fsp3) is 0.370. The Morgan fingerprint density at radius 2 is 1.74 bits per heavy atom. The molecule has 0 bridgehead atoms. The molecular formula is C27H30ClN5O5S. The van der Waals surface area contributed by atoms with Crippen molar-refractivity contribution in [2.45, 2.75) is 43.6 Å². The Hall–Kier alpha value is -3.41. The van der Waals surface area contributed by atoms with Gasteiger partial charge in [-0.25, -0.2) is 8.42 Å². The molecule has 0 atom stereocenters. The number of benzene rings is 2. The quantitative estimate of drug-likeness (QED) is 0.460. The summed E-state index contributed by atoms with van der Waals surface area (Å²) in [6.07, 6.45) is 5.42. The molecule has 206 valence electrons. The Kier molecular flexibility index (Phi) is 7.92. The van der Waals surface area contributed by atoms with Gasteiger partial charge in [-0.3, -0.25) is 9.59 Å². The maximum atomic E-state index is 13.6. The number of amides is 1. The van der Waals surface area contributed by atoms with Gasteiger partial charge in [0, 0.05) is 43.8 Å². The Morgan fingerprint density at radius 1 is 1.05 bits per heavy atom. The van der Waals surface area contributed by atoms with E-state index in [2.05, 4.69) is 10.4 Å². The first-order valence-electron chi connectivity index (χ1n) is 12.9. The smallest absolute Gasteiger partial charge is 0.316 e. The number of rotatable bonds is 7. The molecule has 1 aliphatic carbocycles. The highest BCUT2D eigenvalue weighted by Gasteiger charge is 2.31. The molecule has 0 radical (unpaired) electrons. The van der Waals surface area contributed by atoms with Crippen LogP contribution in [0.1, 0.15) is 32.6 Å². The summed E-state index contributed by atoms with van der Waals surface area (Å²) < 4.78 is 35.5. The molecule has 5 rings (SSSR count). The summed E-state index contributed by atoms with van der Waals surface area (Å²) in [7, 11) is -3.73. The maximum Gasteiger partial charge on any atom is 0.316 e. The lowest BCUT2D eigenvalue weighted by atomic mass is 10.2. The van der Waals surface area contributed by atoms with Crippen LogP contribution in [0, 0.1) is 0 Å². The van der Waals surface area contributed by atoms with Crippen molar-refractivity contribution in [1.82, 2.24) is 14.1 Å². The van der Waals surface area contributed by atoms with E-state index in [9.17, 15) is 18.0 Å². The minimum atomic E-state index is -3.73. The molecule has 12 heteroatoms. The molecular weight excluding hydrogens is 542 g/mol. The lowest BCUT2D eigenvalue weighted by Gasteiger charge is -2.36. The first-order chi connectivity index (χ1) is 18.7. The number of sulfonamides is 1. The van der Waals surface area contributed by atoms with E-state index >= 15 is 0 Å². The molecule has 1 amide bonds. The van der Waals surface area contributed by atoms with E-state index in [0.29, 0.717) is 35.2 Å². The molecule has 0 unspecified atom stereocenters. The second-order valence-electron chi connectivity index (χ2n) is 9.68. The molecule has 1 saturated heterocycles. The molecule has 2 fully saturated rings. The molecule has 39 heavy (non-hydrogen) atoms. The van der Waals surface area contributed by atoms with E-state index in [4.69, 9.17) is 16.3 Å². The number of aromatic nitrogens is 2. The van der Waals surface area contributed by atoms with Crippen molar-refractivity contribution in [2.75, 3.05) is 36.4 Å². The summed E-state index contributed by atoms with van der Waals surface area (Å²) in [5.74, 6) is -0.00511. The summed E-state index contributed by atoms with van der Waals surface area (Å²) in [5, 5.41) is 7.53. The molecule has 1 saturated carbocycles. The molecule has 1 aliphatic heterocycles. The lowest BCUT2D eigenvalue weighted by molar-refractivity contribution is -0.114. The van der Waals surface area contributed by atoms with Gasteiger partial charge in [-0.1, -0.05) is 17.7 Å². The third kappa shape index (κ3) is 5.95. The fourth-order valence-electron chi connectivity index (χ4n) is 4.96. The van der Waals surface area contributed by atoms with E-state index in [1.165, 1.54) is 28.0 Å². The van der Waals surface area contributed by atoms with Crippen LogP contribution in [-0.2, 0) is 14.8 Å². The first kappa shape index (κ1) is 27.2. The molecule has 1 aromatic heterocycles. The summed E-state index contributed by atoms with van der Waals surface area (Å²) in [6.45, 7) is 2.59. The molecule has 3 aromatic rings. The summed E-state index contributed by atoms with van der Waals surface area (Å²) in [5.41, 5.74) is 1.25. The SMILES string of the molecule is CC(=O)Nc1ccc(S(=O)(=O)N2CCN(c3cnn(-c4cccc(Cl)c4)c(=O)c3OC3CCCC3)CC2)cc1. The first-order valence-corrected chi connectivity index (χ1v) is 14.7. The third-order valence-electron chi connectivity index (χ3n) is 6.95. The van der Waals surface area contributed by atoms with Crippen LogP contribution in [0.4, 0.5) is 11.4 Å². The van der Waals surface area contributed by atoms with Crippen molar-refractivity contribution in [3.63, 3.8) is 0 Å². The van der Waals surface area contributed by atoms with Gasteiger partial charge in [0.2, 0.25) is 21.7 Å². The second-order valence-corrected chi connectivity index (χ2v) is 12.1. The zero-order valence-electron chi connectivity index (χ0n) is 21.5. The van der Waals surface area contributed by atoms with Crippen molar-refractivity contribution in [3.05, 3.63) is 70.1 Å². The average Bonchev–Trinajstić information content (AvgIpc) is 3.43. The molecule has 2 heterocycles. The number of nitrogens with one attached hydrogen (secondary N) is 1. The predicted octanol–water partition coefficient (Wildman–Crippen LogP) is 3.68. The molecule has 10 nitrogen and oxygen atoms in total. The van der Waals surface area contributed by atoms with Crippen LogP contribution in [0.2, 0.25) is 5.02 Å². The van der Waals surface area contributed by atoms with E-state index in [0.717, 1.165) is 25.7 Å². The zero-order chi connectivity index (χ0) is 27.6. The number of anilines is 2. The number of carbonyl (C=O) groups excluding carboxylic acids is 1. The summed E-state index contributed by atoms with van der Waals surface area (Å²) in [6, 6.07) is 13.0. The fourth-order valence-corrected chi connectivity index (χ4v) is 6.57. The van der Waals surface area contributed by atoms with E-state index in [1.54, 1.807) is 42.6 Å². The van der Waals surface area contributed by atoms with Crippen molar-refractivity contribution < 1.29 is 17.9 Å². The van der Waals surface area contributed by atoms with Crippen LogP contribution in [0.3, 0.4) is 0 Å². The number of carbonyl (C=O) groups is 1. The largest absolute Gasteiger partial charge is 0.483 e. The monoisotopic (exact) mass is 571 g/mol. The molecule has 0 spiro atoms. The average molecular weight is 572 g/mol. The van der Waals surface area contributed by atoms with Gasteiger partial charge >= 0.3 is 5.56 Å². The van der Waals surface area contributed by atoms with Crippen molar-refractivity contribution in [1.29, 1.82) is 0 Å². The minimum absolute atomic E-state index is 0.0474. The van der Waals surface area contributed by atoms with Crippen molar-refractivity contribution in [3.8, 4) is 11.4 Å². The van der Waals surface area contributed by atoms with Gasteiger partial charge < -0.3 is 15.0 Å². The summed E-state index contributed by atoms with van der Waals surface area (Å²) in [4.78, 5) is 27.0. The summed E-state index contributed by atoms with van der Waals surface area (Å²) >= 11 is 6.15. The van der Waals surface area contributed by atoms with E-state index in [-0.39, 0.29) is 41.3 Å². The van der Waals surface area contributed by atoms with Gasteiger partial charge in [0.25, 0.3) is 0 Å². The van der Waals surface area contributed by atoms with Gasteiger partial charge in [0.1, 0.15) is 5.69 Å². The van der Waals surface area contributed by atoms with Gasteiger partial charge in [-0.2, -0.15) is 14.1 Å². The Bertz CT molecular complexity index is 1510. The van der Waals surface area contributed by atoms with Crippen LogP contribution in [0.5, 0.6) is 5.75 Å². The number of hydrogen-bond donors (Lipinski definition) is 1. The normalized spacial score (nSPS) is 16.8. The number of hydrogen-bond acceptors (Lipinski definition) is 7. The highest BCUT2D eigenvalue weighted by atomic mass is 35.5. The van der Waals surface area contributed by atoms with E-state index < -0.39 is 10.0 Å². The lowest BCUT2D eigenvalue weighted by Crippen LogP contribution is -2.49. The second kappa shape index (κ2) is 11.4. The third-order valence-corrected chi connectivity index (χ3v) is 9.09.